The van der Waals surface area contributed by atoms with E-state index in [0.29, 0.717) is 6.54 Å². The van der Waals surface area contributed by atoms with E-state index in [2.05, 4.69) is 11.0 Å². The van der Waals surface area contributed by atoms with E-state index < -0.39 is 5.97 Å². The minimum Gasteiger partial charge on any atom is -0.481 e. The predicted octanol–water partition coefficient (Wildman–Crippen LogP) is 1.70. The van der Waals surface area contributed by atoms with E-state index in [-0.39, 0.29) is 18.2 Å². The Balaban J connectivity index is 1.74. The van der Waals surface area contributed by atoms with Crippen LogP contribution >= 0.6 is 0 Å². The molecule has 1 heterocycles. The molecule has 0 spiro atoms. The quantitative estimate of drug-likeness (QED) is 0.832. The number of allylic oxidation sites excluding steroid dienone is 2. The summed E-state index contributed by atoms with van der Waals surface area (Å²) in [6.07, 6.45) is 7.40. The van der Waals surface area contributed by atoms with Gasteiger partial charge in [0.05, 0.1) is 6.54 Å². The average Bonchev–Trinajstić information content (AvgIpc) is 2.93. The molecule has 112 valence electrons. The molecular weight excluding hydrogens is 256 g/mol. The summed E-state index contributed by atoms with van der Waals surface area (Å²) < 4.78 is 0. The minimum atomic E-state index is -0.715. The second kappa shape index (κ2) is 6.88. The van der Waals surface area contributed by atoms with Gasteiger partial charge in [-0.1, -0.05) is 6.08 Å². The number of rotatable bonds is 5. The van der Waals surface area contributed by atoms with E-state index in [0.717, 1.165) is 50.9 Å². The third-order valence-electron chi connectivity index (χ3n) is 4.35. The predicted molar refractivity (Wildman–Crippen MR) is 76.1 cm³/mol. The Morgan fingerprint density at radius 1 is 1.40 bits per heavy atom. The first-order valence-corrected chi connectivity index (χ1v) is 7.46. The lowest BCUT2D eigenvalue weighted by Gasteiger charge is -2.32. The molecule has 1 N–H and O–H groups in total. The van der Waals surface area contributed by atoms with Crippen LogP contribution in [-0.2, 0) is 9.59 Å². The van der Waals surface area contributed by atoms with Gasteiger partial charge in [-0.2, -0.15) is 0 Å². The molecule has 1 saturated heterocycles. The summed E-state index contributed by atoms with van der Waals surface area (Å²) >= 11 is 0. The van der Waals surface area contributed by atoms with Gasteiger partial charge >= 0.3 is 5.97 Å². The van der Waals surface area contributed by atoms with Gasteiger partial charge in [0.2, 0.25) is 5.91 Å². The van der Waals surface area contributed by atoms with Crippen molar-refractivity contribution in [2.75, 3.05) is 26.7 Å². The van der Waals surface area contributed by atoms with E-state index >= 15 is 0 Å². The van der Waals surface area contributed by atoms with Crippen molar-refractivity contribution in [3.63, 3.8) is 0 Å². The minimum absolute atomic E-state index is 0.148. The van der Waals surface area contributed by atoms with Crippen LogP contribution in [0.4, 0.5) is 0 Å². The van der Waals surface area contributed by atoms with Crippen LogP contribution in [0.1, 0.15) is 38.5 Å². The highest BCUT2D eigenvalue weighted by molar-refractivity contribution is 5.79. The Labute approximate surface area is 120 Å². The zero-order chi connectivity index (χ0) is 14.5. The second-order valence-electron chi connectivity index (χ2n) is 5.86. The van der Waals surface area contributed by atoms with Crippen molar-refractivity contribution in [1.29, 1.82) is 0 Å². The van der Waals surface area contributed by atoms with Gasteiger partial charge in [0.1, 0.15) is 0 Å². The first kappa shape index (κ1) is 15.0. The fraction of sp³-hybridized carbons (Fsp3) is 0.733. The highest BCUT2D eigenvalue weighted by Crippen LogP contribution is 2.22. The van der Waals surface area contributed by atoms with Crippen molar-refractivity contribution < 1.29 is 14.7 Å². The average molecular weight is 280 g/mol. The van der Waals surface area contributed by atoms with Crippen molar-refractivity contribution in [3.05, 3.63) is 11.8 Å². The summed E-state index contributed by atoms with van der Waals surface area (Å²) in [7, 11) is 1.86. The fourth-order valence-electron chi connectivity index (χ4n) is 3.01. The van der Waals surface area contributed by atoms with Gasteiger partial charge in [0, 0.05) is 19.2 Å². The molecule has 0 aromatic rings. The maximum atomic E-state index is 12.2. The molecule has 0 bridgehead atoms. The highest BCUT2D eigenvalue weighted by Gasteiger charge is 2.24. The molecule has 0 aromatic heterocycles. The summed E-state index contributed by atoms with van der Waals surface area (Å²) in [5.74, 6) is -0.295. The number of nitrogens with zero attached hydrogens (tertiary/aromatic N) is 2. The molecule has 0 unspecified atom stereocenters. The van der Waals surface area contributed by atoms with Crippen molar-refractivity contribution in [3.8, 4) is 0 Å². The summed E-state index contributed by atoms with van der Waals surface area (Å²) in [5, 5.41) is 8.79. The zero-order valence-electron chi connectivity index (χ0n) is 12.2. The van der Waals surface area contributed by atoms with E-state index in [1.54, 1.807) is 4.90 Å². The van der Waals surface area contributed by atoms with Crippen molar-refractivity contribution in [2.45, 2.75) is 38.5 Å². The van der Waals surface area contributed by atoms with E-state index in [1.165, 1.54) is 0 Å². The molecule has 1 aliphatic carbocycles. The highest BCUT2D eigenvalue weighted by atomic mass is 16.4. The number of carboxylic acid groups (broad SMARTS) is 1. The van der Waals surface area contributed by atoms with Crippen LogP contribution in [0.3, 0.4) is 0 Å². The molecule has 5 nitrogen and oxygen atoms in total. The Bertz CT molecular complexity index is 398. The molecule has 2 rings (SSSR count). The maximum absolute atomic E-state index is 12.2. The third kappa shape index (κ3) is 4.07. The maximum Gasteiger partial charge on any atom is 0.303 e. The van der Waals surface area contributed by atoms with Gasteiger partial charge in [-0.15, -0.1) is 0 Å². The second-order valence-corrected chi connectivity index (χ2v) is 5.86. The number of likely N-dealkylation sites (N-methyl/N-ethyl adjacent to an activating group) is 1. The Hall–Kier alpha value is -1.36. The molecule has 0 radical (unpaired) electrons. The van der Waals surface area contributed by atoms with Gasteiger partial charge < -0.3 is 10.0 Å². The van der Waals surface area contributed by atoms with E-state index in [4.69, 9.17) is 5.11 Å². The van der Waals surface area contributed by atoms with Crippen molar-refractivity contribution in [1.82, 2.24) is 9.80 Å². The molecule has 1 fully saturated rings. The summed E-state index contributed by atoms with van der Waals surface area (Å²) in [5.41, 5.74) is 1.15. The summed E-state index contributed by atoms with van der Waals surface area (Å²) in [6, 6.07) is 0. The first-order valence-electron chi connectivity index (χ1n) is 7.46. The summed E-state index contributed by atoms with van der Waals surface area (Å²) in [4.78, 5) is 26.8. The van der Waals surface area contributed by atoms with Crippen molar-refractivity contribution >= 4 is 11.9 Å². The number of carbonyl (C=O) groups is 2. The number of carbonyl (C=O) groups excluding carboxylic acids is 1. The lowest BCUT2D eigenvalue weighted by atomic mass is 9.94. The first-order chi connectivity index (χ1) is 9.56. The van der Waals surface area contributed by atoms with Crippen LogP contribution < -0.4 is 0 Å². The number of amides is 1. The molecule has 1 aliphatic heterocycles. The fourth-order valence-corrected chi connectivity index (χ4v) is 3.01. The van der Waals surface area contributed by atoms with Gasteiger partial charge in [0.15, 0.2) is 0 Å². The molecule has 5 heteroatoms. The molecule has 1 amide bonds. The topological polar surface area (TPSA) is 60.9 Å². The normalized spacial score (nSPS) is 20.8. The number of likely N-dealkylation sites (tertiary alicyclic amines) is 1. The van der Waals surface area contributed by atoms with Crippen LogP contribution in [0.25, 0.3) is 0 Å². The Morgan fingerprint density at radius 3 is 2.65 bits per heavy atom. The van der Waals surface area contributed by atoms with Crippen LogP contribution in [0, 0.1) is 5.92 Å². The van der Waals surface area contributed by atoms with Crippen LogP contribution in [0.2, 0.25) is 0 Å². The van der Waals surface area contributed by atoms with Gasteiger partial charge in [-0.25, -0.2) is 0 Å². The standard InChI is InChI=1S/C15H24N2O3/c1-16(13-4-2-3-5-13)14(18)11-17-8-6-12(7-9-17)10-15(19)20/h4,12H,2-3,5-11H2,1H3,(H,19,20). The van der Waals surface area contributed by atoms with Gasteiger partial charge in [0.25, 0.3) is 0 Å². The lowest BCUT2D eigenvalue weighted by molar-refractivity contribution is -0.139. The van der Waals surface area contributed by atoms with E-state index in [9.17, 15) is 9.59 Å². The molecule has 2 aliphatic rings. The molecule has 0 saturated carbocycles. The molecule has 0 aromatic carbocycles. The number of carboxylic acids is 1. The monoisotopic (exact) mass is 280 g/mol. The number of aliphatic carboxylic acids is 1. The SMILES string of the molecule is CN(C(=O)CN1CCC(CC(=O)O)CC1)C1=CCCC1. The number of piperidine rings is 1. The summed E-state index contributed by atoms with van der Waals surface area (Å²) in [6.45, 7) is 2.11. The molecule has 0 atom stereocenters. The molecular formula is C15H24N2O3. The number of hydrogen-bond donors (Lipinski definition) is 1. The van der Waals surface area contributed by atoms with Crippen LogP contribution in [0.5, 0.6) is 0 Å². The third-order valence-corrected chi connectivity index (χ3v) is 4.35. The van der Waals surface area contributed by atoms with Crippen molar-refractivity contribution in [2.24, 2.45) is 5.92 Å². The number of hydrogen-bond acceptors (Lipinski definition) is 3. The molecule has 20 heavy (non-hydrogen) atoms. The lowest BCUT2D eigenvalue weighted by Crippen LogP contribution is -2.42. The Morgan fingerprint density at radius 2 is 2.10 bits per heavy atom. The van der Waals surface area contributed by atoms with E-state index in [1.807, 2.05) is 7.05 Å². The largest absolute Gasteiger partial charge is 0.481 e. The van der Waals surface area contributed by atoms with Gasteiger partial charge in [-0.05, 0) is 51.1 Å². The van der Waals surface area contributed by atoms with Crippen LogP contribution in [0.15, 0.2) is 11.8 Å². The van der Waals surface area contributed by atoms with Gasteiger partial charge in [-0.3, -0.25) is 14.5 Å². The smallest absolute Gasteiger partial charge is 0.303 e. The Kier molecular flexibility index (Phi) is 5.17. The van der Waals surface area contributed by atoms with Crippen LogP contribution in [-0.4, -0.2) is 53.5 Å². The zero-order valence-corrected chi connectivity index (χ0v) is 12.2.